The highest BCUT2D eigenvalue weighted by molar-refractivity contribution is 9.10. The largest absolute Gasteiger partial charge is 0.329 e. The Morgan fingerprint density at radius 1 is 1.53 bits per heavy atom. The third-order valence-corrected chi connectivity index (χ3v) is 4.16. The molecule has 94 valence electrons. The average Bonchev–Trinajstić information content (AvgIpc) is 3.13. The van der Waals surface area contributed by atoms with Gasteiger partial charge >= 0.3 is 0 Å². The molecule has 1 unspecified atom stereocenters. The highest BCUT2D eigenvalue weighted by Gasteiger charge is 2.33. The molecule has 1 fully saturated rings. The molecule has 1 aliphatic rings. The van der Waals surface area contributed by atoms with Gasteiger partial charge in [0.05, 0.1) is 0 Å². The average molecular weight is 318 g/mol. The number of hydrogen-bond acceptors (Lipinski definition) is 2. The van der Waals surface area contributed by atoms with Crippen LogP contribution >= 0.6 is 27.5 Å². The summed E-state index contributed by atoms with van der Waals surface area (Å²) in [4.78, 5) is 2.47. The Kier molecular flexibility index (Phi) is 4.47. The Morgan fingerprint density at radius 3 is 2.76 bits per heavy atom. The van der Waals surface area contributed by atoms with Crippen molar-refractivity contribution in [3.8, 4) is 0 Å². The Hall–Kier alpha value is -0.0900. The van der Waals surface area contributed by atoms with Gasteiger partial charge in [0.15, 0.2) is 0 Å². The minimum Gasteiger partial charge on any atom is -0.329 e. The summed E-state index contributed by atoms with van der Waals surface area (Å²) in [5.74, 6) is 0. The second kappa shape index (κ2) is 5.70. The van der Waals surface area contributed by atoms with E-state index in [1.807, 2.05) is 12.1 Å². The van der Waals surface area contributed by atoms with E-state index in [1.54, 1.807) is 0 Å². The van der Waals surface area contributed by atoms with Crippen molar-refractivity contribution in [3.05, 3.63) is 33.3 Å². The third kappa shape index (κ3) is 3.02. The molecule has 1 aromatic carbocycles. The molecule has 17 heavy (non-hydrogen) atoms. The molecule has 4 heteroatoms. The first-order valence-corrected chi connectivity index (χ1v) is 7.25. The van der Waals surface area contributed by atoms with Crippen LogP contribution in [0.2, 0.25) is 5.02 Å². The van der Waals surface area contributed by atoms with E-state index in [1.165, 1.54) is 12.8 Å². The van der Waals surface area contributed by atoms with Crippen LogP contribution in [0.25, 0.3) is 0 Å². The lowest BCUT2D eigenvalue weighted by atomic mass is 10.0. The molecule has 0 spiro atoms. The highest BCUT2D eigenvalue weighted by Crippen LogP contribution is 2.36. The Balaban J connectivity index is 2.29. The van der Waals surface area contributed by atoms with E-state index in [-0.39, 0.29) is 6.04 Å². The molecular formula is C13H18BrClN2. The molecule has 1 saturated carbocycles. The van der Waals surface area contributed by atoms with Gasteiger partial charge in [0.2, 0.25) is 0 Å². The standard InChI is InChI=1S/C13H18BrClN2/c1-2-17(10-4-5-10)13(8-16)11-7-9(14)3-6-12(11)15/h3,6-7,10,13H,2,4-5,8,16H2,1H3. The van der Waals surface area contributed by atoms with Crippen molar-refractivity contribution in [2.45, 2.75) is 31.8 Å². The smallest absolute Gasteiger partial charge is 0.0488 e. The fraction of sp³-hybridized carbons (Fsp3) is 0.538. The fourth-order valence-electron chi connectivity index (χ4n) is 2.35. The van der Waals surface area contributed by atoms with Crippen LogP contribution in [0.4, 0.5) is 0 Å². The zero-order chi connectivity index (χ0) is 12.4. The van der Waals surface area contributed by atoms with Gasteiger partial charge in [-0.2, -0.15) is 0 Å². The van der Waals surface area contributed by atoms with Crippen molar-refractivity contribution in [3.63, 3.8) is 0 Å². The van der Waals surface area contributed by atoms with Gasteiger partial charge in [-0.25, -0.2) is 0 Å². The van der Waals surface area contributed by atoms with E-state index in [2.05, 4.69) is 33.8 Å². The van der Waals surface area contributed by atoms with E-state index in [0.717, 1.165) is 21.6 Å². The van der Waals surface area contributed by atoms with Crippen LogP contribution < -0.4 is 5.73 Å². The summed E-state index contributed by atoms with van der Waals surface area (Å²) in [5.41, 5.74) is 7.09. The van der Waals surface area contributed by atoms with E-state index < -0.39 is 0 Å². The summed E-state index contributed by atoms with van der Waals surface area (Å²) >= 11 is 9.79. The summed E-state index contributed by atoms with van der Waals surface area (Å²) < 4.78 is 1.06. The molecule has 1 aliphatic carbocycles. The number of likely N-dealkylation sites (N-methyl/N-ethyl adjacent to an activating group) is 1. The second-order valence-electron chi connectivity index (χ2n) is 4.48. The van der Waals surface area contributed by atoms with Gasteiger partial charge in [0.25, 0.3) is 0 Å². The van der Waals surface area contributed by atoms with Gasteiger partial charge in [-0.15, -0.1) is 0 Å². The lowest BCUT2D eigenvalue weighted by Crippen LogP contribution is -2.35. The molecule has 0 bridgehead atoms. The fourth-order valence-corrected chi connectivity index (χ4v) is 2.97. The van der Waals surface area contributed by atoms with Gasteiger partial charge in [0, 0.05) is 28.1 Å². The zero-order valence-corrected chi connectivity index (χ0v) is 12.3. The van der Waals surface area contributed by atoms with Crippen LogP contribution in [0, 0.1) is 0 Å². The molecule has 0 amide bonds. The predicted octanol–water partition coefficient (Wildman–Crippen LogP) is 3.59. The normalized spacial score (nSPS) is 17.5. The topological polar surface area (TPSA) is 29.3 Å². The first-order chi connectivity index (χ1) is 8.17. The van der Waals surface area contributed by atoms with Crippen LogP contribution in [0.15, 0.2) is 22.7 Å². The summed E-state index contributed by atoms with van der Waals surface area (Å²) in [6.45, 7) is 3.82. The van der Waals surface area contributed by atoms with Gasteiger partial charge < -0.3 is 5.73 Å². The predicted molar refractivity (Wildman–Crippen MR) is 76.3 cm³/mol. The maximum Gasteiger partial charge on any atom is 0.0488 e. The van der Waals surface area contributed by atoms with Crippen molar-refractivity contribution in [1.82, 2.24) is 4.90 Å². The Bertz CT molecular complexity index is 393. The van der Waals surface area contributed by atoms with Crippen molar-refractivity contribution < 1.29 is 0 Å². The summed E-state index contributed by atoms with van der Waals surface area (Å²) in [5, 5.41) is 0.808. The first kappa shape index (κ1) is 13.3. The summed E-state index contributed by atoms with van der Waals surface area (Å²) in [6.07, 6.45) is 2.58. The third-order valence-electron chi connectivity index (χ3n) is 3.32. The second-order valence-corrected chi connectivity index (χ2v) is 5.80. The SMILES string of the molecule is CCN(C1CC1)C(CN)c1cc(Br)ccc1Cl. The van der Waals surface area contributed by atoms with Gasteiger partial charge in [-0.1, -0.05) is 34.5 Å². The summed E-state index contributed by atoms with van der Waals surface area (Å²) in [6, 6.07) is 6.92. The number of benzene rings is 1. The minimum atomic E-state index is 0.234. The lowest BCUT2D eigenvalue weighted by molar-refractivity contribution is 0.202. The lowest BCUT2D eigenvalue weighted by Gasteiger charge is -2.31. The number of halogens is 2. The van der Waals surface area contributed by atoms with E-state index in [9.17, 15) is 0 Å². The van der Waals surface area contributed by atoms with Crippen molar-refractivity contribution in [2.75, 3.05) is 13.1 Å². The Morgan fingerprint density at radius 2 is 2.24 bits per heavy atom. The maximum atomic E-state index is 6.29. The van der Waals surface area contributed by atoms with Crippen LogP contribution in [0.5, 0.6) is 0 Å². The maximum absolute atomic E-state index is 6.29. The molecule has 1 atom stereocenters. The van der Waals surface area contributed by atoms with E-state index in [0.29, 0.717) is 12.6 Å². The van der Waals surface area contributed by atoms with Crippen molar-refractivity contribution >= 4 is 27.5 Å². The quantitative estimate of drug-likeness (QED) is 0.899. The molecule has 0 aliphatic heterocycles. The Labute approximate surface area is 116 Å². The minimum absolute atomic E-state index is 0.234. The molecule has 0 radical (unpaired) electrons. The number of nitrogens with zero attached hydrogens (tertiary/aromatic N) is 1. The first-order valence-electron chi connectivity index (χ1n) is 6.08. The number of rotatable bonds is 5. The van der Waals surface area contributed by atoms with Crippen LogP contribution in [0.3, 0.4) is 0 Å². The zero-order valence-electron chi connectivity index (χ0n) is 10.00. The number of hydrogen-bond donors (Lipinski definition) is 1. The van der Waals surface area contributed by atoms with Crippen molar-refractivity contribution in [1.29, 1.82) is 0 Å². The van der Waals surface area contributed by atoms with E-state index in [4.69, 9.17) is 17.3 Å². The molecule has 0 saturated heterocycles. The molecule has 2 nitrogen and oxygen atoms in total. The number of nitrogens with two attached hydrogens (primary N) is 1. The monoisotopic (exact) mass is 316 g/mol. The van der Waals surface area contributed by atoms with Gasteiger partial charge in [0.1, 0.15) is 0 Å². The van der Waals surface area contributed by atoms with E-state index >= 15 is 0 Å². The molecule has 2 N–H and O–H groups in total. The van der Waals surface area contributed by atoms with Crippen molar-refractivity contribution in [2.24, 2.45) is 5.73 Å². The molecule has 1 aromatic rings. The van der Waals surface area contributed by atoms with Crippen LogP contribution in [-0.4, -0.2) is 24.0 Å². The van der Waals surface area contributed by atoms with Gasteiger partial charge in [-0.3, -0.25) is 4.90 Å². The van der Waals surface area contributed by atoms with Crippen LogP contribution in [0.1, 0.15) is 31.4 Å². The van der Waals surface area contributed by atoms with Gasteiger partial charge in [-0.05, 0) is 43.1 Å². The summed E-state index contributed by atoms with van der Waals surface area (Å²) in [7, 11) is 0. The molecule has 0 aromatic heterocycles. The molecular weight excluding hydrogens is 300 g/mol. The highest BCUT2D eigenvalue weighted by atomic mass is 79.9. The molecule has 0 heterocycles. The van der Waals surface area contributed by atoms with Crippen LogP contribution in [-0.2, 0) is 0 Å². The molecule has 2 rings (SSSR count).